The van der Waals surface area contributed by atoms with Crippen LogP contribution in [0.2, 0.25) is 0 Å². The van der Waals surface area contributed by atoms with Crippen molar-refractivity contribution in [2.75, 3.05) is 0 Å². The summed E-state index contributed by atoms with van der Waals surface area (Å²) < 4.78 is 11.5. The first-order valence-electron chi connectivity index (χ1n) is 17.2. The van der Waals surface area contributed by atoms with Gasteiger partial charge in [0, 0.05) is 48.5 Å². The van der Waals surface area contributed by atoms with Gasteiger partial charge >= 0.3 is 0 Å². The zero-order valence-corrected chi connectivity index (χ0v) is 28.0. The van der Waals surface area contributed by atoms with Crippen molar-refractivity contribution in [3.05, 3.63) is 145 Å². The molecule has 10 aromatic rings. The molecule has 0 spiro atoms. The van der Waals surface area contributed by atoms with Gasteiger partial charge in [0.25, 0.3) is 0 Å². The molecule has 0 saturated heterocycles. The van der Waals surface area contributed by atoms with E-state index >= 15 is 0 Å². The number of furan rings is 1. The molecule has 0 aliphatic heterocycles. The van der Waals surface area contributed by atoms with Gasteiger partial charge in [-0.25, -0.2) is 9.97 Å². The highest BCUT2D eigenvalue weighted by atomic mass is 32.1. The number of hydrogen-bond donors (Lipinski definition) is 0. The number of rotatable bonds is 3. The van der Waals surface area contributed by atoms with E-state index in [1.807, 2.05) is 0 Å². The molecule has 4 aromatic heterocycles. The van der Waals surface area contributed by atoms with E-state index in [4.69, 9.17) is 14.4 Å². The summed E-state index contributed by atoms with van der Waals surface area (Å²) in [5.74, 6) is 2.00. The van der Waals surface area contributed by atoms with E-state index in [0.29, 0.717) is 11.9 Å². The maximum atomic E-state index is 6.87. The molecule has 1 aliphatic rings. The van der Waals surface area contributed by atoms with Crippen molar-refractivity contribution in [2.45, 2.75) is 19.3 Å². The molecule has 11 rings (SSSR count). The van der Waals surface area contributed by atoms with Gasteiger partial charge in [-0.2, -0.15) is 0 Å². The van der Waals surface area contributed by atoms with Gasteiger partial charge in [0.05, 0.1) is 26.9 Å². The maximum absolute atomic E-state index is 6.87. The lowest BCUT2D eigenvalue weighted by Crippen LogP contribution is -2.03. The van der Waals surface area contributed by atoms with Gasteiger partial charge in [0.15, 0.2) is 0 Å². The highest BCUT2D eigenvalue weighted by Crippen LogP contribution is 2.48. The second-order valence-electron chi connectivity index (χ2n) is 13.3. The van der Waals surface area contributed by atoms with Crippen molar-refractivity contribution in [3.63, 3.8) is 0 Å². The van der Waals surface area contributed by atoms with Crippen LogP contribution in [0.1, 0.15) is 30.6 Å². The predicted molar refractivity (Wildman–Crippen MR) is 209 cm³/mol. The molecule has 0 saturated carbocycles. The molecular formula is C45H29N3OS. The van der Waals surface area contributed by atoms with Crippen molar-refractivity contribution in [1.29, 1.82) is 0 Å². The Hall–Kier alpha value is -6.04. The first-order chi connectivity index (χ1) is 24.7. The summed E-state index contributed by atoms with van der Waals surface area (Å²) in [5.41, 5.74) is 9.58. The first kappa shape index (κ1) is 27.9. The Balaban J connectivity index is 1.32. The molecule has 4 heterocycles. The molecule has 0 N–H and O–H groups in total. The fraction of sp³-hybridized carbons (Fsp3) is 0.0667. The Bertz CT molecular complexity index is 3040. The molecule has 0 fully saturated rings. The lowest BCUT2D eigenvalue weighted by molar-refractivity contribution is 0.587. The highest BCUT2D eigenvalue weighted by Gasteiger charge is 2.27. The number of benzene rings is 6. The number of para-hydroxylation sites is 2. The van der Waals surface area contributed by atoms with Crippen LogP contribution in [0.25, 0.3) is 98.3 Å². The van der Waals surface area contributed by atoms with Crippen LogP contribution in [0.4, 0.5) is 0 Å². The third-order valence-corrected chi connectivity index (χ3v) is 11.6. The minimum atomic E-state index is 0.379. The van der Waals surface area contributed by atoms with E-state index in [0.717, 1.165) is 82.9 Å². The third-order valence-electron chi connectivity index (χ3n) is 10.4. The van der Waals surface area contributed by atoms with Crippen LogP contribution < -0.4 is 0 Å². The summed E-state index contributed by atoms with van der Waals surface area (Å²) in [6.07, 6.45) is 5.40. The Kier molecular flexibility index (Phi) is 5.84. The number of allylic oxidation sites excluding steroid dienone is 1. The molecule has 5 heteroatoms. The van der Waals surface area contributed by atoms with Crippen LogP contribution in [-0.2, 0) is 0 Å². The Morgan fingerprint density at radius 1 is 0.720 bits per heavy atom. The zero-order valence-electron chi connectivity index (χ0n) is 27.2. The van der Waals surface area contributed by atoms with Gasteiger partial charge in [-0.1, -0.05) is 122 Å². The van der Waals surface area contributed by atoms with Gasteiger partial charge < -0.3 is 4.42 Å². The SMILES string of the molecule is CC1CC=Cc2oc3c(-c4cccc5c6ccccc6n(-c6nc(-c7ccccc7)c7sc8ccccc8c7n6)c45)c4ccccc4cc3c21. The van der Waals surface area contributed by atoms with E-state index in [9.17, 15) is 0 Å². The minimum Gasteiger partial charge on any atom is -0.456 e. The molecule has 0 radical (unpaired) electrons. The second kappa shape index (κ2) is 10.5. The number of nitrogens with zero attached hydrogens (tertiary/aromatic N) is 3. The number of hydrogen-bond acceptors (Lipinski definition) is 4. The van der Waals surface area contributed by atoms with Crippen molar-refractivity contribution in [2.24, 2.45) is 0 Å². The smallest absolute Gasteiger partial charge is 0.235 e. The molecule has 0 amide bonds. The maximum Gasteiger partial charge on any atom is 0.235 e. The lowest BCUT2D eigenvalue weighted by atomic mass is 9.88. The normalized spacial score (nSPS) is 14.5. The van der Waals surface area contributed by atoms with E-state index in [-0.39, 0.29) is 0 Å². The number of thiophene rings is 1. The third kappa shape index (κ3) is 3.86. The largest absolute Gasteiger partial charge is 0.456 e. The molecule has 6 aromatic carbocycles. The van der Waals surface area contributed by atoms with Crippen LogP contribution >= 0.6 is 11.3 Å². The number of aromatic nitrogens is 3. The van der Waals surface area contributed by atoms with Gasteiger partial charge in [0.2, 0.25) is 5.95 Å². The second-order valence-corrected chi connectivity index (χ2v) is 14.4. The first-order valence-corrected chi connectivity index (χ1v) is 18.0. The van der Waals surface area contributed by atoms with Gasteiger partial charge in [-0.05, 0) is 47.4 Å². The Morgan fingerprint density at radius 2 is 1.48 bits per heavy atom. The molecule has 236 valence electrons. The molecular weight excluding hydrogens is 631 g/mol. The summed E-state index contributed by atoms with van der Waals surface area (Å²) >= 11 is 1.76. The van der Waals surface area contributed by atoms with Crippen molar-refractivity contribution < 1.29 is 4.42 Å². The van der Waals surface area contributed by atoms with E-state index in [1.165, 1.54) is 21.0 Å². The van der Waals surface area contributed by atoms with E-state index in [1.54, 1.807) is 11.3 Å². The number of fused-ring (bicyclic) bond motifs is 10. The fourth-order valence-electron chi connectivity index (χ4n) is 8.23. The molecule has 1 aliphatic carbocycles. The van der Waals surface area contributed by atoms with Crippen molar-refractivity contribution in [1.82, 2.24) is 14.5 Å². The van der Waals surface area contributed by atoms with Crippen LogP contribution in [0, 0.1) is 0 Å². The monoisotopic (exact) mass is 659 g/mol. The Labute approximate surface area is 291 Å². The fourth-order valence-corrected chi connectivity index (χ4v) is 9.38. The summed E-state index contributed by atoms with van der Waals surface area (Å²) in [6.45, 7) is 2.30. The highest BCUT2D eigenvalue weighted by molar-refractivity contribution is 7.26. The van der Waals surface area contributed by atoms with Crippen LogP contribution in [0.3, 0.4) is 0 Å². The summed E-state index contributed by atoms with van der Waals surface area (Å²) in [6, 6.07) is 45.4. The van der Waals surface area contributed by atoms with Gasteiger partial charge in [0.1, 0.15) is 11.3 Å². The van der Waals surface area contributed by atoms with Crippen LogP contribution in [-0.4, -0.2) is 14.5 Å². The average Bonchev–Trinajstić information content (AvgIpc) is 3.84. The lowest BCUT2D eigenvalue weighted by Gasteiger charge is -2.15. The molecule has 1 atom stereocenters. The molecule has 1 unspecified atom stereocenters. The minimum absolute atomic E-state index is 0.379. The molecule has 4 nitrogen and oxygen atoms in total. The van der Waals surface area contributed by atoms with Crippen molar-refractivity contribution in [3.8, 4) is 28.3 Å². The summed E-state index contributed by atoms with van der Waals surface area (Å²) in [4.78, 5) is 10.9. The topological polar surface area (TPSA) is 43.9 Å². The van der Waals surface area contributed by atoms with E-state index < -0.39 is 0 Å². The van der Waals surface area contributed by atoms with Gasteiger partial charge in [-0.3, -0.25) is 4.57 Å². The van der Waals surface area contributed by atoms with Gasteiger partial charge in [-0.15, -0.1) is 11.3 Å². The Morgan fingerprint density at radius 3 is 2.38 bits per heavy atom. The standard InChI is InChI=1S/C45H29N3OS/c1-26-13-11-23-36-38(26)34-25-28-16-5-6-17-29(28)39(43(34)49-36)33-21-12-20-31-30-18-7-9-22-35(30)48(42(31)33)45-46-40(27-14-3-2-4-15-27)44-41(47-45)32-19-8-10-24-37(32)50-44/h2-12,14-26H,13H2,1H3. The summed E-state index contributed by atoms with van der Waals surface area (Å²) in [5, 5.41) is 7.03. The quantitative estimate of drug-likeness (QED) is 0.190. The van der Waals surface area contributed by atoms with E-state index in [2.05, 4.69) is 151 Å². The van der Waals surface area contributed by atoms with Crippen molar-refractivity contribution >= 4 is 81.3 Å². The molecule has 0 bridgehead atoms. The average molecular weight is 660 g/mol. The van der Waals surface area contributed by atoms with Crippen LogP contribution in [0.15, 0.2) is 138 Å². The zero-order chi connectivity index (χ0) is 32.9. The summed E-state index contributed by atoms with van der Waals surface area (Å²) in [7, 11) is 0. The van der Waals surface area contributed by atoms with Crippen LogP contribution in [0.5, 0.6) is 0 Å². The predicted octanol–water partition coefficient (Wildman–Crippen LogP) is 12.7. The molecule has 50 heavy (non-hydrogen) atoms.